The van der Waals surface area contributed by atoms with Crippen molar-refractivity contribution in [3.63, 3.8) is 0 Å². The van der Waals surface area contributed by atoms with Crippen molar-refractivity contribution in [3.8, 4) is 0 Å². The first-order valence-electron chi connectivity index (χ1n) is 8.14. The molecule has 1 fully saturated rings. The van der Waals surface area contributed by atoms with Crippen LogP contribution in [0.25, 0.3) is 0 Å². The summed E-state index contributed by atoms with van der Waals surface area (Å²) in [4.78, 5) is 14.2. The van der Waals surface area contributed by atoms with Gasteiger partial charge in [-0.25, -0.2) is 0 Å². The second-order valence-corrected chi connectivity index (χ2v) is 6.01. The Kier molecular flexibility index (Phi) is 5.18. The van der Waals surface area contributed by atoms with Crippen LogP contribution in [0.4, 0.5) is 0 Å². The molecule has 0 aromatic rings. The van der Waals surface area contributed by atoms with E-state index in [9.17, 15) is 4.79 Å². The SMILES string of the molecule is COC(=O)C1CCCN(C(C2=CC=CCC2)C2=COC=CO2)C1. The van der Waals surface area contributed by atoms with Crippen LogP contribution in [0.1, 0.15) is 25.7 Å². The number of carbonyl (C=O) groups excluding carboxylic acids is 1. The van der Waals surface area contributed by atoms with Gasteiger partial charge in [0.15, 0.2) is 5.76 Å². The molecule has 2 aliphatic heterocycles. The van der Waals surface area contributed by atoms with E-state index >= 15 is 0 Å². The summed E-state index contributed by atoms with van der Waals surface area (Å²) in [6.07, 6.45) is 15.0. The molecule has 5 heteroatoms. The van der Waals surface area contributed by atoms with Crippen molar-refractivity contribution >= 4 is 5.97 Å². The van der Waals surface area contributed by atoms with Crippen molar-refractivity contribution < 1.29 is 19.0 Å². The normalized spacial score (nSPS) is 25.7. The fraction of sp³-hybridized carbons (Fsp3) is 0.500. The molecule has 2 heterocycles. The zero-order valence-corrected chi connectivity index (χ0v) is 13.4. The summed E-state index contributed by atoms with van der Waals surface area (Å²) >= 11 is 0. The van der Waals surface area contributed by atoms with Gasteiger partial charge in [-0.2, -0.15) is 0 Å². The van der Waals surface area contributed by atoms with Crippen molar-refractivity contribution in [1.29, 1.82) is 0 Å². The molecule has 2 unspecified atom stereocenters. The van der Waals surface area contributed by atoms with Gasteiger partial charge in [-0.15, -0.1) is 0 Å². The number of nitrogens with zero attached hydrogens (tertiary/aromatic N) is 1. The average Bonchev–Trinajstić information content (AvgIpc) is 2.63. The van der Waals surface area contributed by atoms with Crippen molar-refractivity contribution in [2.75, 3.05) is 20.2 Å². The maximum Gasteiger partial charge on any atom is 0.309 e. The average molecular weight is 317 g/mol. The van der Waals surface area contributed by atoms with Crippen LogP contribution < -0.4 is 0 Å². The largest absolute Gasteiger partial charge is 0.469 e. The molecule has 3 aliphatic rings. The summed E-state index contributed by atoms with van der Waals surface area (Å²) < 4.78 is 15.9. The molecule has 0 bridgehead atoms. The van der Waals surface area contributed by atoms with Crippen molar-refractivity contribution in [1.82, 2.24) is 4.90 Å². The minimum atomic E-state index is -0.124. The maximum atomic E-state index is 11.9. The van der Waals surface area contributed by atoms with Gasteiger partial charge in [0, 0.05) is 6.54 Å². The Morgan fingerprint density at radius 3 is 3.04 bits per heavy atom. The van der Waals surface area contributed by atoms with Crippen LogP contribution in [0.5, 0.6) is 0 Å². The molecule has 124 valence electrons. The highest BCUT2D eigenvalue weighted by Gasteiger charge is 2.35. The highest BCUT2D eigenvalue weighted by atomic mass is 16.5. The Morgan fingerprint density at radius 1 is 1.43 bits per heavy atom. The molecule has 0 N–H and O–H groups in total. The van der Waals surface area contributed by atoms with Crippen LogP contribution in [0.3, 0.4) is 0 Å². The van der Waals surface area contributed by atoms with Crippen molar-refractivity contribution in [3.05, 3.63) is 48.3 Å². The lowest BCUT2D eigenvalue weighted by molar-refractivity contribution is -0.147. The highest BCUT2D eigenvalue weighted by Crippen LogP contribution is 2.31. The summed E-state index contributed by atoms with van der Waals surface area (Å²) in [5, 5.41) is 0. The van der Waals surface area contributed by atoms with Crippen molar-refractivity contribution in [2.45, 2.75) is 31.7 Å². The van der Waals surface area contributed by atoms with Gasteiger partial charge < -0.3 is 14.2 Å². The second-order valence-electron chi connectivity index (χ2n) is 6.01. The van der Waals surface area contributed by atoms with E-state index in [-0.39, 0.29) is 17.9 Å². The maximum absolute atomic E-state index is 11.9. The minimum Gasteiger partial charge on any atom is -0.469 e. The molecular weight excluding hydrogens is 294 g/mol. The fourth-order valence-electron chi connectivity index (χ4n) is 3.45. The third-order valence-electron chi connectivity index (χ3n) is 4.54. The lowest BCUT2D eigenvalue weighted by atomic mass is 9.91. The lowest BCUT2D eigenvalue weighted by Crippen LogP contribution is -2.47. The number of allylic oxidation sites excluding steroid dienone is 3. The van der Waals surface area contributed by atoms with Crippen LogP contribution in [0.2, 0.25) is 0 Å². The number of rotatable bonds is 4. The van der Waals surface area contributed by atoms with E-state index in [0.717, 1.165) is 38.0 Å². The third-order valence-corrected chi connectivity index (χ3v) is 4.54. The standard InChI is InChI=1S/C18H23NO4/c1-21-18(20)15-8-5-9-19(12-15)17(14-6-3-2-4-7-14)16-13-22-10-11-23-16/h2-3,6,10-11,13,15,17H,4-5,7-9,12H2,1H3. The number of ether oxygens (including phenoxy) is 3. The molecule has 3 rings (SSSR count). The second kappa shape index (κ2) is 7.51. The Hall–Kier alpha value is -2.01. The molecule has 2 atom stereocenters. The predicted octanol–water partition coefficient (Wildman–Crippen LogP) is 2.88. The van der Waals surface area contributed by atoms with Gasteiger partial charge in [0.25, 0.3) is 0 Å². The van der Waals surface area contributed by atoms with Crippen LogP contribution >= 0.6 is 0 Å². The Labute approximate surface area is 136 Å². The van der Waals surface area contributed by atoms with Crippen LogP contribution in [-0.4, -0.2) is 37.1 Å². The number of likely N-dealkylation sites (tertiary alicyclic amines) is 1. The molecule has 0 radical (unpaired) electrons. The summed E-state index contributed by atoms with van der Waals surface area (Å²) in [7, 11) is 1.46. The van der Waals surface area contributed by atoms with Gasteiger partial charge in [0.1, 0.15) is 18.8 Å². The minimum absolute atomic E-state index is 0.0114. The van der Waals surface area contributed by atoms with E-state index < -0.39 is 0 Å². The van der Waals surface area contributed by atoms with Gasteiger partial charge in [-0.1, -0.05) is 18.2 Å². The molecule has 0 spiro atoms. The number of piperidine rings is 1. The van der Waals surface area contributed by atoms with E-state index in [0.29, 0.717) is 6.54 Å². The lowest BCUT2D eigenvalue weighted by Gasteiger charge is -2.39. The van der Waals surface area contributed by atoms with Crippen LogP contribution in [0.15, 0.2) is 48.3 Å². The molecule has 23 heavy (non-hydrogen) atoms. The first-order valence-corrected chi connectivity index (χ1v) is 8.14. The molecule has 0 saturated carbocycles. The van der Waals surface area contributed by atoms with Gasteiger partial charge in [-0.05, 0) is 37.8 Å². The molecule has 5 nitrogen and oxygen atoms in total. The summed E-state index contributed by atoms with van der Waals surface area (Å²) in [5.74, 6) is 0.580. The predicted molar refractivity (Wildman–Crippen MR) is 86.0 cm³/mol. The quantitative estimate of drug-likeness (QED) is 0.746. The topological polar surface area (TPSA) is 48.0 Å². The number of carbonyl (C=O) groups is 1. The molecule has 1 aliphatic carbocycles. The van der Waals surface area contributed by atoms with Gasteiger partial charge in [0.05, 0.1) is 19.1 Å². The number of esters is 1. The van der Waals surface area contributed by atoms with E-state index in [2.05, 4.69) is 23.1 Å². The highest BCUT2D eigenvalue weighted by molar-refractivity contribution is 5.72. The first kappa shape index (κ1) is 15.9. The Morgan fingerprint density at radius 2 is 2.35 bits per heavy atom. The van der Waals surface area contributed by atoms with E-state index in [1.165, 1.54) is 18.9 Å². The van der Waals surface area contributed by atoms with Gasteiger partial charge in [0.2, 0.25) is 0 Å². The zero-order valence-electron chi connectivity index (χ0n) is 13.4. The van der Waals surface area contributed by atoms with Crippen LogP contribution in [-0.2, 0) is 19.0 Å². The first-order chi connectivity index (χ1) is 11.3. The van der Waals surface area contributed by atoms with Crippen molar-refractivity contribution in [2.24, 2.45) is 5.92 Å². The number of methoxy groups -OCH3 is 1. The third kappa shape index (κ3) is 3.67. The fourth-order valence-corrected chi connectivity index (χ4v) is 3.45. The summed E-state index contributed by atoms with van der Waals surface area (Å²) in [6, 6.07) is 0.0114. The Balaban J connectivity index is 1.82. The summed E-state index contributed by atoms with van der Waals surface area (Å²) in [5.41, 5.74) is 1.29. The van der Waals surface area contributed by atoms with Crippen LogP contribution in [0, 0.1) is 5.92 Å². The van der Waals surface area contributed by atoms with Gasteiger partial charge >= 0.3 is 5.97 Å². The van der Waals surface area contributed by atoms with E-state index in [4.69, 9.17) is 14.2 Å². The number of hydrogen-bond donors (Lipinski definition) is 0. The molecular formula is C18H23NO4. The zero-order chi connectivity index (χ0) is 16.1. The number of hydrogen-bond acceptors (Lipinski definition) is 5. The van der Waals surface area contributed by atoms with E-state index in [1.54, 1.807) is 12.5 Å². The molecule has 1 saturated heterocycles. The smallest absolute Gasteiger partial charge is 0.309 e. The monoisotopic (exact) mass is 317 g/mol. The summed E-state index contributed by atoms with van der Waals surface area (Å²) in [6.45, 7) is 1.62. The van der Waals surface area contributed by atoms with Gasteiger partial charge in [-0.3, -0.25) is 9.69 Å². The molecule has 0 aromatic heterocycles. The Bertz CT molecular complexity index is 561. The molecule has 0 amide bonds. The molecule has 0 aromatic carbocycles. The van der Waals surface area contributed by atoms with E-state index in [1.807, 2.05) is 0 Å².